The van der Waals surface area contributed by atoms with Crippen molar-refractivity contribution >= 4 is 17.3 Å². The fraction of sp³-hybridized carbons (Fsp3) is 0.214. The normalized spacial score (nSPS) is 10.4. The Morgan fingerprint density at radius 2 is 2.11 bits per heavy atom. The number of rotatable bonds is 4. The number of halogens is 1. The van der Waals surface area contributed by atoms with Gasteiger partial charge in [-0.2, -0.15) is 0 Å². The molecule has 0 saturated heterocycles. The number of aliphatic hydroxyl groups excluding tert-OH is 1. The van der Waals surface area contributed by atoms with Crippen molar-refractivity contribution in [1.29, 1.82) is 0 Å². The van der Waals surface area contributed by atoms with Gasteiger partial charge in [0.2, 0.25) is 0 Å². The van der Waals surface area contributed by atoms with Gasteiger partial charge in [-0.15, -0.1) is 0 Å². The van der Waals surface area contributed by atoms with Gasteiger partial charge in [0, 0.05) is 42.3 Å². The summed E-state index contributed by atoms with van der Waals surface area (Å²) < 4.78 is 0. The van der Waals surface area contributed by atoms with Crippen molar-refractivity contribution in [3.8, 4) is 0 Å². The monoisotopic (exact) mass is 262 g/mol. The van der Waals surface area contributed by atoms with E-state index >= 15 is 0 Å². The van der Waals surface area contributed by atoms with Crippen LogP contribution in [0.15, 0.2) is 42.7 Å². The van der Waals surface area contributed by atoms with Crippen LogP contribution >= 0.6 is 11.6 Å². The van der Waals surface area contributed by atoms with Crippen LogP contribution in [0.5, 0.6) is 0 Å². The number of hydrogen-bond acceptors (Lipinski definition) is 3. The van der Waals surface area contributed by atoms with E-state index in [2.05, 4.69) is 9.88 Å². The summed E-state index contributed by atoms with van der Waals surface area (Å²) in [5.41, 5.74) is 2.81. The largest absolute Gasteiger partial charge is 0.392 e. The van der Waals surface area contributed by atoms with Crippen molar-refractivity contribution in [2.45, 2.75) is 13.2 Å². The number of nitrogens with zero attached hydrogens (tertiary/aromatic N) is 2. The van der Waals surface area contributed by atoms with E-state index < -0.39 is 0 Å². The minimum absolute atomic E-state index is 0.0631. The van der Waals surface area contributed by atoms with Crippen LogP contribution in [-0.2, 0) is 13.2 Å². The lowest BCUT2D eigenvalue weighted by Crippen LogP contribution is -2.18. The van der Waals surface area contributed by atoms with E-state index in [1.54, 1.807) is 12.3 Å². The molecule has 1 aromatic heterocycles. The highest BCUT2D eigenvalue weighted by atomic mass is 35.5. The molecule has 1 aromatic carbocycles. The summed E-state index contributed by atoms with van der Waals surface area (Å²) >= 11 is 6.08. The molecule has 0 aliphatic rings. The van der Waals surface area contributed by atoms with Gasteiger partial charge in [-0.3, -0.25) is 4.98 Å². The second-order valence-electron chi connectivity index (χ2n) is 4.11. The summed E-state index contributed by atoms with van der Waals surface area (Å²) in [5, 5.41) is 9.98. The average Bonchev–Trinajstić information content (AvgIpc) is 2.39. The molecule has 0 amide bonds. The summed E-state index contributed by atoms with van der Waals surface area (Å²) in [7, 11) is 1.97. The van der Waals surface area contributed by atoms with Gasteiger partial charge in [-0.1, -0.05) is 23.7 Å². The van der Waals surface area contributed by atoms with E-state index in [-0.39, 0.29) is 6.61 Å². The zero-order chi connectivity index (χ0) is 13.0. The second-order valence-corrected chi connectivity index (χ2v) is 4.52. The Bertz CT molecular complexity index is 516. The molecule has 94 valence electrons. The van der Waals surface area contributed by atoms with E-state index in [0.717, 1.165) is 23.4 Å². The average molecular weight is 263 g/mol. The first-order chi connectivity index (χ1) is 8.72. The van der Waals surface area contributed by atoms with E-state index in [9.17, 15) is 5.11 Å². The molecule has 0 fully saturated rings. The zero-order valence-corrected chi connectivity index (χ0v) is 10.9. The smallest absolute Gasteiger partial charge is 0.0716 e. The zero-order valence-electron chi connectivity index (χ0n) is 10.2. The quantitative estimate of drug-likeness (QED) is 0.921. The molecule has 2 rings (SSSR count). The Hall–Kier alpha value is -1.58. The third-order valence-corrected chi connectivity index (χ3v) is 3.16. The molecule has 0 atom stereocenters. The van der Waals surface area contributed by atoms with Crippen molar-refractivity contribution in [2.24, 2.45) is 0 Å². The van der Waals surface area contributed by atoms with Gasteiger partial charge in [0.1, 0.15) is 0 Å². The van der Waals surface area contributed by atoms with Crippen LogP contribution < -0.4 is 4.90 Å². The van der Waals surface area contributed by atoms with Crippen molar-refractivity contribution in [2.75, 3.05) is 11.9 Å². The van der Waals surface area contributed by atoms with Crippen LogP contribution in [0.2, 0.25) is 5.02 Å². The standard InChI is InChI=1S/C14H15ClN2O/c1-17(9-11-4-3-7-16-8-11)14-6-2-5-13(15)12(14)10-18/h2-8,18H,9-10H2,1H3. The fourth-order valence-corrected chi connectivity index (χ4v) is 2.14. The van der Waals surface area contributed by atoms with Gasteiger partial charge in [0.05, 0.1) is 6.61 Å². The molecule has 0 spiro atoms. The third kappa shape index (κ3) is 2.81. The van der Waals surface area contributed by atoms with Gasteiger partial charge >= 0.3 is 0 Å². The van der Waals surface area contributed by atoms with E-state index in [1.165, 1.54) is 0 Å². The molecule has 0 bridgehead atoms. The Labute approximate surface area is 112 Å². The predicted molar refractivity (Wildman–Crippen MR) is 73.7 cm³/mol. The molecule has 1 N–H and O–H groups in total. The van der Waals surface area contributed by atoms with Crippen LogP contribution in [-0.4, -0.2) is 17.1 Å². The van der Waals surface area contributed by atoms with Crippen LogP contribution in [0.3, 0.4) is 0 Å². The van der Waals surface area contributed by atoms with Crippen molar-refractivity contribution < 1.29 is 5.11 Å². The molecule has 0 unspecified atom stereocenters. The van der Waals surface area contributed by atoms with Gasteiger partial charge in [-0.25, -0.2) is 0 Å². The Morgan fingerprint density at radius 3 is 2.78 bits per heavy atom. The number of anilines is 1. The van der Waals surface area contributed by atoms with E-state index in [1.807, 2.05) is 37.5 Å². The molecule has 3 nitrogen and oxygen atoms in total. The first kappa shape index (κ1) is 12.9. The molecule has 0 aliphatic heterocycles. The van der Waals surface area contributed by atoms with Gasteiger partial charge in [0.15, 0.2) is 0 Å². The van der Waals surface area contributed by atoms with Crippen LogP contribution in [0.1, 0.15) is 11.1 Å². The first-order valence-electron chi connectivity index (χ1n) is 5.70. The molecule has 0 aliphatic carbocycles. The minimum atomic E-state index is -0.0631. The minimum Gasteiger partial charge on any atom is -0.392 e. The molecule has 4 heteroatoms. The molecule has 18 heavy (non-hydrogen) atoms. The molecule has 2 aromatic rings. The third-order valence-electron chi connectivity index (χ3n) is 2.81. The van der Waals surface area contributed by atoms with Gasteiger partial charge < -0.3 is 10.0 Å². The number of benzene rings is 1. The molecule has 0 radical (unpaired) electrons. The first-order valence-corrected chi connectivity index (χ1v) is 6.08. The molecule has 0 saturated carbocycles. The Morgan fingerprint density at radius 1 is 1.28 bits per heavy atom. The summed E-state index contributed by atoms with van der Waals surface area (Å²) in [5.74, 6) is 0. The number of aromatic nitrogens is 1. The van der Waals surface area contributed by atoms with Crippen LogP contribution in [0.4, 0.5) is 5.69 Å². The Kier molecular flexibility index (Phi) is 4.18. The van der Waals surface area contributed by atoms with Crippen molar-refractivity contribution in [3.05, 3.63) is 58.9 Å². The molecule has 1 heterocycles. The van der Waals surface area contributed by atoms with Crippen molar-refractivity contribution in [3.63, 3.8) is 0 Å². The van der Waals surface area contributed by atoms with Crippen LogP contribution in [0.25, 0.3) is 0 Å². The van der Waals surface area contributed by atoms with Crippen LogP contribution in [0, 0.1) is 0 Å². The topological polar surface area (TPSA) is 36.4 Å². The summed E-state index contributed by atoms with van der Waals surface area (Å²) in [6, 6.07) is 9.56. The molecular formula is C14H15ClN2O. The maximum Gasteiger partial charge on any atom is 0.0716 e. The number of hydrogen-bond donors (Lipinski definition) is 1. The lowest BCUT2D eigenvalue weighted by atomic mass is 10.1. The maximum absolute atomic E-state index is 9.39. The summed E-state index contributed by atoms with van der Waals surface area (Å²) in [6.07, 6.45) is 3.59. The predicted octanol–water partition coefficient (Wildman–Crippen LogP) is 2.86. The summed E-state index contributed by atoms with van der Waals surface area (Å²) in [6.45, 7) is 0.660. The second kappa shape index (κ2) is 5.85. The number of pyridine rings is 1. The SMILES string of the molecule is CN(Cc1cccnc1)c1cccc(Cl)c1CO. The van der Waals surface area contributed by atoms with Gasteiger partial charge in [-0.05, 0) is 23.8 Å². The molecular weight excluding hydrogens is 248 g/mol. The van der Waals surface area contributed by atoms with E-state index in [0.29, 0.717) is 5.02 Å². The lowest BCUT2D eigenvalue weighted by molar-refractivity contribution is 0.282. The maximum atomic E-state index is 9.39. The highest BCUT2D eigenvalue weighted by Gasteiger charge is 2.10. The fourth-order valence-electron chi connectivity index (χ4n) is 1.91. The number of aliphatic hydroxyl groups is 1. The van der Waals surface area contributed by atoms with Gasteiger partial charge in [0.25, 0.3) is 0 Å². The highest BCUT2D eigenvalue weighted by molar-refractivity contribution is 6.31. The highest BCUT2D eigenvalue weighted by Crippen LogP contribution is 2.27. The van der Waals surface area contributed by atoms with E-state index in [4.69, 9.17) is 11.6 Å². The summed E-state index contributed by atoms with van der Waals surface area (Å²) in [4.78, 5) is 6.14. The Balaban J connectivity index is 2.24. The van der Waals surface area contributed by atoms with Crippen molar-refractivity contribution in [1.82, 2.24) is 4.98 Å². The lowest BCUT2D eigenvalue weighted by Gasteiger charge is -2.22.